The van der Waals surface area contributed by atoms with Gasteiger partial charge in [0.25, 0.3) is 5.91 Å². The van der Waals surface area contributed by atoms with Gasteiger partial charge in [-0.05, 0) is 32.6 Å². The summed E-state index contributed by atoms with van der Waals surface area (Å²) in [4.78, 5) is 14.2. The highest BCUT2D eigenvalue weighted by molar-refractivity contribution is 5.91. The molecule has 1 aliphatic heterocycles. The summed E-state index contributed by atoms with van der Waals surface area (Å²) in [7, 11) is 3.96. The molecule has 0 saturated carbocycles. The third-order valence-corrected chi connectivity index (χ3v) is 3.53. The highest BCUT2D eigenvalue weighted by atomic mass is 16.5. The molecule has 0 radical (unpaired) electrons. The standard InChI is InChI=1S/C15H24N2O5/c1-17(2)6-8-21-14-10-20-7-5-12(14)16-15(19)13-4-3-11(9-18)22-13/h3-4,12,14,18H,5-10H2,1-2H3,(H,16,19)/t12-,14-/m1/s1. The number of ether oxygens (including phenoxy) is 2. The van der Waals surface area contributed by atoms with E-state index in [4.69, 9.17) is 19.0 Å². The van der Waals surface area contributed by atoms with Gasteiger partial charge in [-0.1, -0.05) is 0 Å². The van der Waals surface area contributed by atoms with Crippen LogP contribution in [0.1, 0.15) is 22.7 Å². The Hall–Kier alpha value is -1.41. The molecule has 2 atom stereocenters. The number of furan rings is 1. The van der Waals surface area contributed by atoms with E-state index in [-0.39, 0.29) is 30.4 Å². The lowest BCUT2D eigenvalue weighted by Gasteiger charge is -2.32. The molecule has 7 nitrogen and oxygen atoms in total. The van der Waals surface area contributed by atoms with E-state index < -0.39 is 0 Å². The van der Waals surface area contributed by atoms with Crippen LogP contribution in [-0.4, -0.2) is 68.5 Å². The van der Waals surface area contributed by atoms with Crippen molar-refractivity contribution >= 4 is 5.91 Å². The minimum absolute atomic E-state index is 0.105. The van der Waals surface area contributed by atoms with Crippen LogP contribution in [0.15, 0.2) is 16.5 Å². The molecule has 124 valence electrons. The molecule has 1 aliphatic rings. The van der Waals surface area contributed by atoms with Crippen molar-refractivity contribution in [2.45, 2.75) is 25.2 Å². The molecule has 0 aliphatic carbocycles. The Balaban J connectivity index is 1.88. The summed E-state index contributed by atoms with van der Waals surface area (Å²) in [6.45, 7) is 2.25. The zero-order chi connectivity index (χ0) is 15.9. The van der Waals surface area contributed by atoms with Gasteiger partial charge in [0.1, 0.15) is 18.5 Å². The van der Waals surface area contributed by atoms with Crippen molar-refractivity contribution in [3.8, 4) is 0 Å². The van der Waals surface area contributed by atoms with Gasteiger partial charge in [-0.3, -0.25) is 4.79 Å². The summed E-state index contributed by atoms with van der Waals surface area (Å²) >= 11 is 0. The average Bonchev–Trinajstić information content (AvgIpc) is 2.98. The van der Waals surface area contributed by atoms with Gasteiger partial charge in [-0.15, -0.1) is 0 Å². The Morgan fingerprint density at radius 2 is 2.32 bits per heavy atom. The van der Waals surface area contributed by atoms with Gasteiger partial charge in [0.05, 0.1) is 19.3 Å². The van der Waals surface area contributed by atoms with Gasteiger partial charge >= 0.3 is 0 Å². The largest absolute Gasteiger partial charge is 0.453 e. The minimum atomic E-state index is -0.298. The van der Waals surface area contributed by atoms with Gasteiger partial charge in [0.15, 0.2) is 5.76 Å². The number of nitrogens with zero attached hydrogens (tertiary/aromatic N) is 1. The molecule has 1 amide bonds. The lowest BCUT2D eigenvalue weighted by molar-refractivity contribution is -0.0692. The molecule has 0 bridgehead atoms. The second-order valence-corrected chi connectivity index (χ2v) is 5.58. The van der Waals surface area contributed by atoms with Crippen LogP contribution in [0.5, 0.6) is 0 Å². The summed E-state index contributed by atoms with van der Waals surface area (Å²) in [5, 5.41) is 11.9. The number of carbonyl (C=O) groups is 1. The maximum Gasteiger partial charge on any atom is 0.287 e. The van der Waals surface area contributed by atoms with Gasteiger partial charge in [-0.25, -0.2) is 0 Å². The Labute approximate surface area is 130 Å². The molecular formula is C15H24N2O5. The van der Waals surface area contributed by atoms with E-state index in [2.05, 4.69) is 5.32 Å². The minimum Gasteiger partial charge on any atom is -0.453 e. The van der Waals surface area contributed by atoms with Gasteiger partial charge in [0.2, 0.25) is 0 Å². The fourth-order valence-electron chi connectivity index (χ4n) is 2.25. The van der Waals surface area contributed by atoms with Crippen LogP contribution in [-0.2, 0) is 16.1 Å². The SMILES string of the molecule is CN(C)CCO[C@@H]1COCC[C@H]1NC(=O)c1ccc(CO)o1. The third kappa shape index (κ3) is 4.81. The summed E-state index contributed by atoms with van der Waals surface area (Å²) in [6, 6.07) is 3.04. The van der Waals surface area contributed by atoms with Gasteiger partial charge in [0, 0.05) is 13.2 Å². The van der Waals surface area contributed by atoms with Crippen LogP contribution < -0.4 is 5.32 Å². The molecule has 1 saturated heterocycles. The molecule has 0 unspecified atom stereocenters. The molecule has 0 spiro atoms. The highest BCUT2D eigenvalue weighted by Crippen LogP contribution is 2.14. The number of rotatable bonds is 7. The number of aliphatic hydroxyl groups is 1. The molecule has 1 aromatic rings. The Kier molecular flexibility index (Phi) is 6.38. The van der Waals surface area contributed by atoms with E-state index in [0.717, 1.165) is 6.54 Å². The van der Waals surface area contributed by atoms with Crippen molar-refractivity contribution in [1.29, 1.82) is 0 Å². The normalized spacial score (nSPS) is 22.0. The van der Waals surface area contributed by atoms with Crippen molar-refractivity contribution in [2.24, 2.45) is 0 Å². The summed E-state index contributed by atoms with van der Waals surface area (Å²) in [5.41, 5.74) is 0. The van der Waals surface area contributed by atoms with E-state index in [0.29, 0.717) is 32.0 Å². The van der Waals surface area contributed by atoms with E-state index in [9.17, 15) is 4.79 Å². The molecule has 22 heavy (non-hydrogen) atoms. The lowest BCUT2D eigenvalue weighted by Crippen LogP contribution is -2.50. The number of nitrogens with one attached hydrogen (secondary N) is 1. The molecular weight excluding hydrogens is 288 g/mol. The zero-order valence-corrected chi connectivity index (χ0v) is 13.1. The number of carbonyl (C=O) groups excluding carboxylic acids is 1. The number of amides is 1. The fourth-order valence-corrected chi connectivity index (χ4v) is 2.25. The molecule has 1 fully saturated rings. The monoisotopic (exact) mass is 312 g/mol. The molecule has 2 N–H and O–H groups in total. The summed E-state index contributed by atoms with van der Waals surface area (Å²) in [5.74, 6) is 0.270. The second kappa shape index (κ2) is 8.28. The number of likely N-dealkylation sites (N-methyl/N-ethyl adjacent to an activating group) is 1. The van der Waals surface area contributed by atoms with Gasteiger partial charge in [-0.2, -0.15) is 0 Å². The Bertz CT molecular complexity index is 474. The molecule has 2 heterocycles. The number of aliphatic hydroxyl groups excluding tert-OH is 1. The highest BCUT2D eigenvalue weighted by Gasteiger charge is 2.29. The second-order valence-electron chi connectivity index (χ2n) is 5.58. The van der Waals surface area contributed by atoms with Crippen molar-refractivity contribution in [2.75, 3.05) is 40.5 Å². The average molecular weight is 312 g/mol. The first-order chi connectivity index (χ1) is 10.6. The summed E-state index contributed by atoms with van der Waals surface area (Å²) in [6.07, 6.45) is 0.538. The predicted molar refractivity (Wildman–Crippen MR) is 79.6 cm³/mol. The van der Waals surface area contributed by atoms with E-state index in [1.807, 2.05) is 19.0 Å². The zero-order valence-electron chi connectivity index (χ0n) is 13.1. The number of hydrogen-bond acceptors (Lipinski definition) is 6. The first kappa shape index (κ1) is 17.0. The van der Waals surface area contributed by atoms with Crippen molar-refractivity contribution in [3.63, 3.8) is 0 Å². The van der Waals surface area contributed by atoms with Crippen LogP contribution in [0.3, 0.4) is 0 Å². The van der Waals surface area contributed by atoms with Crippen molar-refractivity contribution in [3.05, 3.63) is 23.7 Å². The van der Waals surface area contributed by atoms with Gasteiger partial charge < -0.3 is 29.2 Å². The van der Waals surface area contributed by atoms with E-state index in [1.165, 1.54) is 0 Å². The van der Waals surface area contributed by atoms with Crippen LogP contribution in [0.4, 0.5) is 0 Å². The van der Waals surface area contributed by atoms with Crippen LogP contribution >= 0.6 is 0 Å². The third-order valence-electron chi connectivity index (χ3n) is 3.53. The maximum atomic E-state index is 12.2. The fraction of sp³-hybridized carbons (Fsp3) is 0.667. The Morgan fingerprint density at radius 3 is 3.00 bits per heavy atom. The Morgan fingerprint density at radius 1 is 1.50 bits per heavy atom. The van der Waals surface area contributed by atoms with Crippen LogP contribution in [0.25, 0.3) is 0 Å². The smallest absolute Gasteiger partial charge is 0.287 e. The molecule has 7 heteroatoms. The first-order valence-corrected chi connectivity index (χ1v) is 7.44. The van der Waals surface area contributed by atoms with Crippen LogP contribution in [0.2, 0.25) is 0 Å². The lowest BCUT2D eigenvalue weighted by atomic mass is 10.1. The quantitative estimate of drug-likeness (QED) is 0.750. The van der Waals surface area contributed by atoms with E-state index >= 15 is 0 Å². The van der Waals surface area contributed by atoms with Crippen molar-refractivity contribution < 1.29 is 23.8 Å². The maximum absolute atomic E-state index is 12.2. The predicted octanol–water partition coefficient (Wildman–Crippen LogP) is 0.237. The molecule has 2 rings (SSSR count). The molecule has 1 aromatic heterocycles. The first-order valence-electron chi connectivity index (χ1n) is 7.44. The van der Waals surface area contributed by atoms with Crippen LogP contribution in [0, 0.1) is 0 Å². The topological polar surface area (TPSA) is 84.2 Å². The molecule has 0 aromatic carbocycles. The summed E-state index contributed by atoms with van der Waals surface area (Å²) < 4.78 is 16.5. The van der Waals surface area contributed by atoms with Crippen molar-refractivity contribution in [1.82, 2.24) is 10.2 Å². The number of hydrogen-bond donors (Lipinski definition) is 2. The van der Waals surface area contributed by atoms with E-state index in [1.54, 1.807) is 12.1 Å².